The highest BCUT2D eigenvalue weighted by molar-refractivity contribution is 6.12. The number of anilines is 1. The summed E-state index contributed by atoms with van der Waals surface area (Å²) in [5.74, 6) is -1.92. The molecular formula is C54H76FN3O12. The maximum Gasteiger partial charge on any atom is 0.308 e. The second kappa shape index (κ2) is 28.9. The van der Waals surface area contributed by atoms with Crippen LogP contribution in [0, 0.1) is 5.82 Å². The third-order valence-electron chi connectivity index (χ3n) is 10.9. The van der Waals surface area contributed by atoms with E-state index in [-0.39, 0.29) is 43.5 Å². The molecule has 0 radical (unpaired) electrons. The Morgan fingerprint density at radius 3 is 1.83 bits per heavy atom. The smallest absolute Gasteiger partial charge is 0.308 e. The minimum atomic E-state index is -0.972. The van der Waals surface area contributed by atoms with Gasteiger partial charge < -0.3 is 63.0 Å². The highest BCUT2D eigenvalue weighted by Gasteiger charge is 2.38. The van der Waals surface area contributed by atoms with Crippen molar-refractivity contribution >= 4 is 17.6 Å². The molecule has 0 bridgehead atoms. The van der Waals surface area contributed by atoms with Crippen LogP contribution in [0.3, 0.4) is 0 Å². The monoisotopic (exact) mass is 978 g/mol. The molecule has 1 saturated heterocycles. The van der Waals surface area contributed by atoms with Crippen LogP contribution in [0.5, 0.6) is 5.75 Å². The molecule has 1 aromatic heterocycles. The number of benzene rings is 3. The molecule has 1 fully saturated rings. The molecule has 70 heavy (non-hydrogen) atoms. The quantitative estimate of drug-likeness (QED) is 0.0363. The van der Waals surface area contributed by atoms with Gasteiger partial charge in [-0.2, -0.15) is 0 Å². The second-order valence-electron chi connectivity index (χ2n) is 18.6. The summed E-state index contributed by atoms with van der Waals surface area (Å²) in [7, 11) is 0. The number of hydrogen-bond acceptors (Lipinski definition) is 13. The minimum absolute atomic E-state index is 0.0822. The van der Waals surface area contributed by atoms with Crippen LogP contribution in [-0.2, 0) is 54.0 Å². The molecule has 16 heteroatoms. The molecule has 2 atom stereocenters. The van der Waals surface area contributed by atoms with E-state index in [2.05, 4.69) is 23.7 Å². The van der Waals surface area contributed by atoms with E-state index in [1.807, 2.05) is 95.3 Å². The van der Waals surface area contributed by atoms with Crippen molar-refractivity contribution in [2.75, 3.05) is 97.8 Å². The predicted molar refractivity (Wildman–Crippen MR) is 267 cm³/mol. The fraction of sp³-hybridized carbons (Fsp3) is 0.556. The van der Waals surface area contributed by atoms with Crippen LogP contribution >= 0.6 is 0 Å². The number of carbonyl (C=O) groups is 2. The Labute approximate surface area is 413 Å². The maximum absolute atomic E-state index is 15.3. The Morgan fingerprint density at radius 1 is 0.757 bits per heavy atom. The Kier molecular flexibility index (Phi) is 23.2. The molecule has 2 heterocycles. The fourth-order valence-corrected chi connectivity index (χ4v) is 8.25. The first kappa shape index (κ1) is 56.2. The summed E-state index contributed by atoms with van der Waals surface area (Å²) in [6.45, 7) is 19.5. The van der Waals surface area contributed by atoms with Crippen LogP contribution in [0.2, 0.25) is 0 Å². The van der Waals surface area contributed by atoms with Gasteiger partial charge >= 0.3 is 5.97 Å². The van der Waals surface area contributed by atoms with Gasteiger partial charge in [-0.3, -0.25) is 9.59 Å². The van der Waals surface area contributed by atoms with Crippen LogP contribution in [0.25, 0.3) is 22.4 Å². The number of amides is 1. The van der Waals surface area contributed by atoms with E-state index in [1.54, 1.807) is 6.07 Å². The molecule has 15 nitrogen and oxygen atoms in total. The zero-order chi connectivity index (χ0) is 50.4. The second-order valence-corrected chi connectivity index (χ2v) is 18.6. The first-order chi connectivity index (χ1) is 33.7. The number of ether oxygens (including phenoxy) is 10. The van der Waals surface area contributed by atoms with E-state index in [9.17, 15) is 9.59 Å². The molecule has 1 amide bonds. The molecule has 3 N–H and O–H groups in total. The van der Waals surface area contributed by atoms with Crippen LogP contribution in [-0.4, -0.2) is 132 Å². The molecule has 386 valence electrons. The van der Waals surface area contributed by atoms with Crippen LogP contribution in [0.15, 0.2) is 78.9 Å². The number of carbonyl (C=O) groups excluding carboxylic acids is 2. The lowest BCUT2D eigenvalue weighted by Crippen LogP contribution is -2.46. The van der Waals surface area contributed by atoms with Gasteiger partial charge in [0.2, 0.25) is 0 Å². The first-order valence-electron chi connectivity index (χ1n) is 24.5. The van der Waals surface area contributed by atoms with E-state index >= 15 is 4.39 Å². The number of hydrogen-bond donors (Lipinski definition) is 2. The SMILES string of the molecule is CC(C)c1c(C(=O)Nc2ccccc2)c(-c2ccccc2)c(-c2ccc(F)cc2OCCOCCOCCOCCOCCOCCOCCN)n1CC[C@@H]1C[C@H](CC(=O)OC(C)(C)C)OC(C)(C)O1. The van der Waals surface area contributed by atoms with Gasteiger partial charge in [-0.15, -0.1) is 0 Å². The predicted octanol–water partition coefficient (Wildman–Crippen LogP) is 8.81. The molecule has 0 saturated carbocycles. The van der Waals surface area contributed by atoms with Crippen molar-refractivity contribution in [2.24, 2.45) is 5.73 Å². The summed E-state index contributed by atoms with van der Waals surface area (Å²) in [5, 5.41) is 3.15. The highest BCUT2D eigenvalue weighted by atomic mass is 19.1. The largest absolute Gasteiger partial charge is 0.490 e. The van der Waals surface area contributed by atoms with E-state index in [1.165, 1.54) is 12.1 Å². The summed E-state index contributed by atoms with van der Waals surface area (Å²) in [5.41, 5.74) is 9.47. The van der Waals surface area contributed by atoms with E-state index < -0.39 is 23.3 Å². The molecular weight excluding hydrogens is 902 g/mol. The molecule has 4 aromatic rings. The van der Waals surface area contributed by atoms with Crippen molar-refractivity contribution in [1.29, 1.82) is 0 Å². The van der Waals surface area contributed by atoms with Crippen LogP contribution in [0.1, 0.15) is 89.7 Å². The van der Waals surface area contributed by atoms with E-state index in [0.717, 1.165) is 11.3 Å². The highest BCUT2D eigenvalue weighted by Crippen LogP contribution is 2.46. The standard InChI is InChI=1S/C54H76FN3O12/c1-39(2)50-49(52(60)57-42-16-12-9-13-17-42)48(40-14-10-8-11-15-40)51(58(50)22-20-43-37-44(69-54(6,7)68-43)38-47(59)70-53(3,4)5)45-19-18-41(55)36-46(45)67-35-34-66-33-32-65-31-30-64-29-28-63-27-26-62-25-24-61-23-21-56/h8-19,36,39,43-44H,20-35,37-38,56H2,1-7H3,(H,57,60)/t43-,44-/m1/s1. The van der Waals surface area contributed by atoms with E-state index in [0.29, 0.717) is 132 Å². The molecule has 0 unspecified atom stereocenters. The molecule has 1 aliphatic rings. The van der Waals surface area contributed by atoms with Gasteiger partial charge in [-0.05, 0) is 76.8 Å². The van der Waals surface area contributed by atoms with Gasteiger partial charge in [0.25, 0.3) is 5.91 Å². The van der Waals surface area contributed by atoms with Crippen molar-refractivity contribution in [3.63, 3.8) is 0 Å². The van der Waals surface area contributed by atoms with Crippen molar-refractivity contribution in [1.82, 2.24) is 4.57 Å². The Balaban J connectivity index is 1.31. The average molecular weight is 978 g/mol. The summed E-state index contributed by atoms with van der Waals surface area (Å²) >= 11 is 0. The number of rotatable bonds is 31. The lowest BCUT2D eigenvalue weighted by atomic mass is 9.94. The minimum Gasteiger partial charge on any atom is -0.490 e. The van der Waals surface area contributed by atoms with Crippen molar-refractivity contribution in [3.05, 3.63) is 95.9 Å². The van der Waals surface area contributed by atoms with Gasteiger partial charge in [0.15, 0.2) is 5.79 Å². The number of nitrogens with zero attached hydrogens (tertiary/aromatic N) is 1. The third-order valence-corrected chi connectivity index (χ3v) is 10.9. The van der Waals surface area contributed by atoms with Gasteiger partial charge in [0, 0.05) is 48.1 Å². The lowest BCUT2D eigenvalue weighted by molar-refractivity contribution is -0.301. The van der Waals surface area contributed by atoms with Gasteiger partial charge in [-0.1, -0.05) is 62.4 Å². The summed E-state index contributed by atoms with van der Waals surface area (Å²) in [6.07, 6.45) is 0.284. The molecule has 3 aromatic carbocycles. The zero-order valence-electron chi connectivity index (χ0n) is 42.3. The van der Waals surface area contributed by atoms with Crippen molar-refractivity contribution in [2.45, 2.75) is 104 Å². The average Bonchev–Trinajstić information content (AvgIpc) is 3.65. The van der Waals surface area contributed by atoms with E-state index in [4.69, 9.17) is 53.1 Å². The lowest BCUT2D eigenvalue weighted by Gasteiger charge is -2.41. The third kappa shape index (κ3) is 18.8. The molecule has 0 spiro atoms. The topological polar surface area (TPSA) is 169 Å². The van der Waals surface area contributed by atoms with Crippen molar-refractivity contribution in [3.8, 4) is 28.1 Å². The summed E-state index contributed by atoms with van der Waals surface area (Å²) < 4.78 is 75.5. The number of nitrogens with one attached hydrogen (secondary N) is 1. The fourth-order valence-electron chi connectivity index (χ4n) is 8.25. The summed E-state index contributed by atoms with van der Waals surface area (Å²) in [6, 6.07) is 23.6. The van der Waals surface area contributed by atoms with Crippen molar-refractivity contribution < 1.29 is 61.3 Å². The van der Waals surface area contributed by atoms with Crippen LogP contribution < -0.4 is 15.8 Å². The van der Waals surface area contributed by atoms with Gasteiger partial charge in [0.1, 0.15) is 23.8 Å². The molecule has 5 rings (SSSR count). The zero-order valence-corrected chi connectivity index (χ0v) is 42.3. The number of esters is 1. The van der Waals surface area contributed by atoms with Crippen LogP contribution in [0.4, 0.5) is 10.1 Å². The molecule has 1 aliphatic heterocycles. The van der Waals surface area contributed by atoms with Gasteiger partial charge in [0.05, 0.1) is 109 Å². The maximum atomic E-state index is 15.3. The number of para-hydroxylation sites is 1. The Hall–Kier alpha value is -4.75. The first-order valence-corrected chi connectivity index (χ1v) is 24.5. The normalized spacial score (nSPS) is 15.9. The number of nitrogens with two attached hydrogens (primary N) is 1. The Bertz CT molecular complexity index is 2160. The summed E-state index contributed by atoms with van der Waals surface area (Å²) in [4.78, 5) is 27.8. The van der Waals surface area contributed by atoms with Gasteiger partial charge in [-0.25, -0.2) is 4.39 Å². The molecule has 0 aliphatic carbocycles. The number of aromatic nitrogens is 1. The number of halogens is 1. The Morgan fingerprint density at radius 2 is 1.29 bits per heavy atom.